The third kappa shape index (κ3) is 4.39. The lowest BCUT2D eigenvalue weighted by atomic mass is 10.0. The van der Waals surface area contributed by atoms with E-state index in [0.29, 0.717) is 11.2 Å². The molecule has 1 aromatic carbocycles. The Balaban J connectivity index is 1.15. The lowest BCUT2D eigenvalue weighted by Gasteiger charge is -2.20. The molecule has 1 unspecified atom stereocenters. The molecule has 0 spiro atoms. The number of benzene rings is 1. The number of aliphatic hydroxyl groups excluding tert-OH is 1. The van der Waals surface area contributed by atoms with Crippen LogP contribution in [0.4, 0.5) is 10.8 Å². The summed E-state index contributed by atoms with van der Waals surface area (Å²) in [6.07, 6.45) is 7.38. The number of pyridine rings is 1. The molecule has 5 N–H and O–H groups in total. The Morgan fingerprint density at radius 2 is 2.09 bits per heavy atom. The maximum atomic E-state index is 12.7. The number of anilines is 2. The van der Waals surface area contributed by atoms with Crippen molar-refractivity contribution in [2.75, 3.05) is 11.1 Å². The molecule has 2 aliphatic rings. The van der Waals surface area contributed by atoms with Gasteiger partial charge in [-0.05, 0) is 55.9 Å². The number of amides is 1. The third-order valence-electron chi connectivity index (χ3n) is 6.44. The molecule has 0 radical (unpaired) electrons. The third-order valence-corrected chi connectivity index (χ3v) is 7.40. The van der Waals surface area contributed by atoms with Gasteiger partial charge in [0, 0.05) is 40.6 Å². The molecule has 5 rings (SSSR count). The fourth-order valence-corrected chi connectivity index (χ4v) is 5.69. The van der Waals surface area contributed by atoms with E-state index in [2.05, 4.69) is 32.7 Å². The lowest BCUT2D eigenvalue weighted by Crippen LogP contribution is -2.35. The second-order valence-electron chi connectivity index (χ2n) is 8.62. The van der Waals surface area contributed by atoms with Crippen molar-refractivity contribution in [1.29, 1.82) is 0 Å². The average Bonchev–Trinajstić information content (AvgIpc) is 3.51. The van der Waals surface area contributed by atoms with Gasteiger partial charge in [-0.3, -0.25) is 9.78 Å². The van der Waals surface area contributed by atoms with Crippen LogP contribution in [-0.2, 0) is 17.6 Å². The second kappa shape index (κ2) is 8.97. The summed E-state index contributed by atoms with van der Waals surface area (Å²) in [4.78, 5) is 22.3. The van der Waals surface area contributed by atoms with Crippen molar-refractivity contribution in [2.24, 2.45) is 0 Å². The number of thiazole rings is 1. The molecule has 166 valence electrons. The van der Waals surface area contributed by atoms with Crippen molar-refractivity contribution in [1.82, 2.24) is 15.3 Å². The summed E-state index contributed by atoms with van der Waals surface area (Å²) in [6, 6.07) is 12.1. The van der Waals surface area contributed by atoms with Crippen molar-refractivity contribution >= 4 is 28.1 Å². The highest BCUT2D eigenvalue weighted by molar-refractivity contribution is 7.15. The number of hydrogen-bond donors (Lipinski definition) is 4. The predicted octanol–water partition coefficient (Wildman–Crippen LogP) is 3.19. The fourth-order valence-electron chi connectivity index (χ4n) is 4.78. The van der Waals surface area contributed by atoms with E-state index in [9.17, 15) is 9.90 Å². The number of nitrogens with zero attached hydrogens (tertiary/aromatic N) is 2. The maximum absolute atomic E-state index is 12.7. The Labute approximate surface area is 191 Å². The van der Waals surface area contributed by atoms with Gasteiger partial charge in [-0.15, -0.1) is 11.3 Å². The Morgan fingerprint density at radius 3 is 2.88 bits per heavy atom. The molecular weight excluding hydrogens is 422 g/mol. The Bertz CT molecular complexity index is 1090. The zero-order chi connectivity index (χ0) is 22.1. The fraction of sp³-hybridized carbons (Fsp3) is 0.375. The minimum absolute atomic E-state index is 0.0218. The minimum atomic E-state index is -0.546. The van der Waals surface area contributed by atoms with Crippen LogP contribution in [0.15, 0.2) is 48.8 Å². The van der Waals surface area contributed by atoms with Crippen LogP contribution in [0.5, 0.6) is 0 Å². The number of carbonyl (C=O) groups is 1. The number of aliphatic hydroxyl groups is 1. The van der Waals surface area contributed by atoms with Crippen LogP contribution < -0.4 is 16.4 Å². The summed E-state index contributed by atoms with van der Waals surface area (Å²) in [6.45, 7) is 0. The summed E-state index contributed by atoms with van der Waals surface area (Å²) >= 11 is 1.48. The van der Waals surface area contributed by atoms with Gasteiger partial charge in [0.25, 0.3) is 0 Å². The molecule has 3 aromatic rings. The first-order valence-corrected chi connectivity index (χ1v) is 11.9. The zero-order valence-electron chi connectivity index (χ0n) is 17.7. The Morgan fingerprint density at radius 1 is 1.25 bits per heavy atom. The summed E-state index contributed by atoms with van der Waals surface area (Å²) in [5.74, 6) is -0.240. The summed E-state index contributed by atoms with van der Waals surface area (Å²) in [5, 5.41) is 17.8. The standard InChI is InChI=1S/C24H27N5O2S/c25-24-29-21-18(8-10-20(21)32-24)23(31)28-16-5-3-14(4-6-16)12-17-7-9-19(27-17)22(30)15-2-1-11-26-13-15/h1-6,11,13,17-19,22,27,30H,7-10,12H2,(H2,25,29)(H,28,31)/t17-,18?,19+,22+/m0/s1. The van der Waals surface area contributed by atoms with Crippen molar-refractivity contribution in [3.63, 3.8) is 0 Å². The molecule has 1 amide bonds. The van der Waals surface area contributed by atoms with Crippen molar-refractivity contribution < 1.29 is 9.90 Å². The lowest BCUT2D eigenvalue weighted by molar-refractivity contribution is -0.117. The van der Waals surface area contributed by atoms with E-state index >= 15 is 0 Å². The monoisotopic (exact) mass is 449 g/mol. The SMILES string of the molecule is Nc1nc2c(s1)CCC2C(=O)Nc1ccc(C[C@@H]2CC[C@H]([C@H](O)c3cccnc3)N2)cc1. The van der Waals surface area contributed by atoms with Crippen LogP contribution in [0.2, 0.25) is 0 Å². The van der Waals surface area contributed by atoms with Gasteiger partial charge in [0.15, 0.2) is 5.13 Å². The van der Waals surface area contributed by atoms with Gasteiger partial charge in [-0.25, -0.2) is 4.98 Å². The quantitative estimate of drug-likeness (QED) is 0.460. The van der Waals surface area contributed by atoms with Gasteiger partial charge < -0.3 is 21.5 Å². The molecule has 32 heavy (non-hydrogen) atoms. The molecule has 1 aliphatic carbocycles. The van der Waals surface area contributed by atoms with Crippen LogP contribution in [0.3, 0.4) is 0 Å². The highest BCUT2D eigenvalue weighted by Crippen LogP contribution is 2.38. The smallest absolute Gasteiger partial charge is 0.233 e. The van der Waals surface area contributed by atoms with Crippen molar-refractivity contribution in [3.05, 3.63) is 70.5 Å². The highest BCUT2D eigenvalue weighted by Gasteiger charge is 2.32. The molecule has 3 heterocycles. The second-order valence-corrected chi connectivity index (χ2v) is 9.74. The largest absolute Gasteiger partial charge is 0.387 e. The number of hydrogen-bond acceptors (Lipinski definition) is 7. The van der Waals surface area contributed by atoms with Gasteiger partial charge in [-0.1, -0.05) is 18.2 Å². The number of carbonyl (C=O) groups excluding carboxylic acids is 1. The predicted molar refractivity (Wildman–Crippen MR) is 126 cm³/mol. The van der Waals surface area contributed by atoms with E-state index in [4.69, 9.17) is 5.73 Å². The van der Waals surface area contributed by atoms with E-state index in [1.165, 1.54) is 16.9 Å². The van der Waals surface area contributed by atoms with Gasteiger partial charge in [0.05, 0.1) is 17.7 Å². The number of nitrogen functional groups attached to an aromatic ring is 1. The number of aryl methyl sites for hydroxylation is 1. The first kappa shape index (κ1) is 21.1. The van der Waals surface area contributed by atoms with Gasteiger partial charge in [0.2, 0.25) is 5.91 Å². The first-order chi connectivity index (χ1) is 15.6. The molecule has 1 fully saturated rings. The van der Waals surface area contributed by atoms with Gasteiger partial charge in [0.1, 0.15) is 0 Å². The summed E-state index contributed by atoms with van der Waals surface area (Å²) in [7, 11) is 0. The molecule has 1 saturated heterocycles. The van der Waals surface area contributed by atoms with Crippen molar-refractivity contribution in [2.45, 2.75) is 56.2 Å². The van der Waals surface area contributed by atoms with E-state index in [1.54, 1.807) is 12.4 Å². The van der Waals surface area contributed by atoms with Crippen LogP contribution in [-0.4, -0.2) is 33.1 Å². The Hall–Kier alpha value is -2.81. The zero-order valence-corrected chi connectivity index (χ0v) is 18.5. The molecule has 0 bridgehead atoms. The number of nitrogens with one attached hydrogen (secondary N) is 2. The number of rotatable bonds is 6. The van der Waals surface area contributed by atoms with E-state index < -0.39 is 6.10 Å². The average molecular weight is 450 g/mol. The topological polar surface area (TPSA) is 113 Å². The molecule has 0 saturated carbocycles. The van der Waals surface area contributed by atoms with E-state index in [0.717, 1.165) is 53.9 Å². The number of aromatic nitrogens is 2. The van der Waals surface area contributed by atoms with Crippen LogP contribution in [0, 0.1) is 0 Å². The number of fused-ring (bicyclic) bond motifs is 1. The first-order valence-electron chi connectivity index (χ1n) is 11.1. The van der Waals surface area contributed by atoms with Crippen LogP contribution in [0.25, 0.3) is 0 Å². The highest BCUT2D eigenvalue weighted by atomic mass is 32.1. The molecule has 2 aromatic heterocycles. The summed E-state index contributed by atoms with van der Waals surface area (Å²) in [5.41, 5.74) is 9.48. The van der Waals surface area contributed by atoms with Gasteiger partial charge >= 0.3 is 0 Å². The van der Waals surface area contributed by atoms with E-state index in [1.807, 2.05) is 24.3 Å². The molecule has 1 aliphatic heterocycles. The Kier molecular flexibility index (Phi) is 5.91. The minimum Gasteiger partial charge on any atom is -0.387 e. The molecule has 4 atom stereocenters. The molecule has 7 nitrogen and oxygen atoms in total. The normalized spacial score (nSPS) is 23.1. The van der Waals surface area contributed by atoms with Crippen LogP contribution in [0.1, 0.15) is 53.0 Å². The maximum Gasteiger partial charge on any atom is 0.233 e. The summed E-state index contributed by atoms with van der Waals surface area (Å²) < 4.78 is 0. The van der Waals surface area contributed by atoms with E-state index in [-0.39, 0.29) is 17.9 Å². The van der Waals surface area contributed by atoms with Crippen LogP contribution >= 0.6 is 11.3 Å². The molecule has 8 heteroatoms. The number of nitrogens with two attached hydrogens (primary N) is 1. The molecular formula is C24H27N5O2S. The van der Waals surface area contributed by atoms with Gasteiger partial charge in [-0.2, -0.15) is 0 Å². The van der Waals surface area contributed by atoms with Crippen molar-refractivity contribution in [3.8, 4) is 0 Å².